The number of hydrogen-bond acceptors (Lipinski definition) is 3. The second-order valence-corrected chi connectivity index (χ2v) is 9.86. The van der Waals surface area contributed by atoms with Gasteiger partial charge >= 0.3 is 0 Å². The highest BCUT2D eigenvalue weighted by atomic mass is 35.5. The minimum Gasteiger partial charge on any atom is -0.488 e. The zero-order chi connectivity index (χ0) is 26.5. The van der Waals surface area contributed by atoms with Crippen molar-refractivity contribution in [2.45, 2.75) is 13.2 Å². The van der Waals surface area contributed by atoms with Crippen LogP contribution < -0.4 is 10.2 Å². The van der Waals surface area contributed by atoms with Crippen molar-refractivity contribution >= 4 is 57.8 Å². The van der Waals surface area contributed by atoms with E-state index in [9.17, 15) is 4.79 Å². The van der Waals surface area contributed by atoms with Crippen LogP contribution in [0.1, 0.15) is 27.0 Å². The van der Waals surface area contributed by atoms with Crippen LogP contribution in [0.15, 0.2) is 102 Å². The fourth-order valence-electron chi connectivity index (χ4n) is 4.09. The summed E-state index contributed by atoms with van der Waals surface area (Å²) in [6.07, 6.45) is 3.66. The van der Waals surface area contributed by atoms with Crippen molar-refractivity contribution in [2.24, 2.45) is 5.10 Å². The molecule has 1 N–H and O–H groups in total. The monoisotopic (exact) mass is 561 g/mol. The van der Waals surface area contributed by atoms with Crippen molar-refractivity contribution in [1.82, 2.24) is 9.99 Å². The van der Waals surface area contributed by atoms with Gasteiger partial charge in [-0.3, -0.25) is 4.79 Å². The number of fused-ring (bicyclic) bond motifs is 1. The molecular weight excluding hydrogens is 541 g/mol. The summed E-state index contributed by atoms with van der Waals surface area (Å²) < 4.78 is 8.05. The maximum absolute atomic E-state index is 13.0. The average molecular weight is 563 g/mol. The highest BCUT2D eigenvalue weighted by Crippen LogP contribution is 2.25. The molecule has 0 saturated heterocycles. The third kappa shape index (κ3) is 6.03. The van der Waals surface area contributed by atoms with Gasteiger partial charge in [-0.1, -0.05) is 83.3 Å². The fraction of sp³-hybridized carbons (Fsp3) is 0.0667. The molecule has 5 nitrogen and oxygen atoms in total. The van der Waals surface area contributed by atoms with Gasteiger partial charge in [-0.05, 0) is 48.0 Å². The molecule has 0 atom stereocenters. The quantitative estimate of drug-likeness (QED) is 0.154. The van der Waals surface area contributed by atoms with Gasteiger partial charge in [-0.15, -0.1) is 0 Å². The number of nitrogens with one attached hydrogen (secondary N) is 1. The Balaban J connectivity index is 1.30. The van der Waals surface area contributed by atoms with Gasteiger partial charge < -0.3 is 9.30 Å². The molecule has 1 aromatic heterocycles. The van der Waals surface area contributed by atoms with Crippen molar-refractivity contribution in [3.8, 4) is 5.75 Å². The van der Waals surface area contributed by atoms with Gasteiger partial charge in [-0.2, -0.15) is 5.10 Å². The van der Waals surface area contributed by atoms with Gasteiger partial charge in [0, 0.05) is 49.8 Å². The molecule has 0 bridgehead atoms. The van der Waals surface area contributed by atoms with Crippen molar-refractivity contribution in [2.75, 3.05) is 0 Å². The van der Waals surface area contributed by atoms with Gasteiger partial charge in [0.2, 0.25) is 0 Å². The highest BCUT2D eigenvalue weighted by Gasteiger charge is 2.13. The molecule has 1 amide bonds. The van der Waals surface area contributed by atoms with Gasteiger partial charge in [0.05, 0.1) is 11.8 Å². The number of para-hydroxylation sites is 2. The SMILES string of the molecule is O=C(N/N=C\c1cn(Cc2ccc(Cl)cc2)c2ccccc12)c1ccccc1OCc1ccc(Cl)cc1Cl. The lowest BCUT2D eigenvalue weighted by Crippen LogP contribution is -2.18. The van der Waals surface area contributed by atoms with Crippen LogP contribution in [0, 0.1) is 0 Å². The van der Waals surface area contributed by atoms with Crippen LogP contribution in [-0.4, -0.2) is 16.7 Å². The number of rotatable bonds is 8. The number of benzene rings is 4. The molecule has 190 valence electrons. The highest BCUT2D eigenvalue weighted by molar-refractivity contribution is 6.35. The summed E-state index contributed by atoms with van der Waals surface area (Å²) in [5, 5.41) is 7.02. The molecule has 0 unspecified atom stereocenters. The first kappa shape index (κ1) is 25.9. The van der Waals surface area contributed by atoms with Gasteiger partial charge in [0.25, 0.3) is 5.91 Å². The smallest absolute Gasteiger partial charge is 0.275 e. The van der Waals surface area contributed by atoms with Crippen LogP contribution in [0.2, 0.25) is 15.1 Å². The summed E-state index contributed by atoms with van der Waals surface area (Å²) in [5.41, 5.74) is 6.82. The molecule has 0 aliphatic rings. The number of carbonyl (C=O) groups is 1. The maximum atomic E-state index is 13.0. The molecule has 8 heteroatoms. The third-order valence-corrected chi connectivity index (χ3v) is 6.82. The number of hydrogen-bond donors (Lipinski definition) is 1. The van der Waals surface area contributed by atoms with Crippen LogP contribution in [0.5, 0.6) is 5.75 Å². The zero-order valence-electron chi connectivity index (χ0n) is 20.1. The standard InChI is InChI=1S/C30H22Cl3N3O2/c31-23-12-9-20(10-13-23)17-36-18-22(25-5-1-3-7-28(25)36)16-34-35-30(37)26-6-2-4-8-29(26)38-19-21-11-14-24(32)15-27(21)33/h1-16,18H,17,19H2,(H,35,37)/b34-16-. The molecule has 1 heterocycles. The average Bonchev–Trinajstić information content (AvgIpc) is 3.27. The van der Waals surface area contributed by atoms with E-state index in [0.717, 1.165) is 27.6 Å². The van der Waals surface area contributed by atoms with Crippen LogP contribution in [-0.2, 0) is 13.2 Å². The summed E-state index contributed by atoms with van der Waals surface area (Å²) in [6, 6.07) is 28.0. The molecule has 38 heavy (non-hydrogen) atoms. The molecule has 0 saturated carbocycles. The summed E-state index contributed by atoms with van der Waals surface area (Å²) in [7, 11) is 0. The topological polar surface area (TPSA) is 55.6 Å². The predicted octanol–water partition coefficient (Wildman–Crippen LogP) is 7.99. The van der Waals surface area contributed by atoms with Crippen LogP contribution in [0.25, 0.3) is 10.9 Å². The van der Waals surface area contributed by atoms with Crippen LogP contribution in [0.4, 0.5) is 0 Å². The van der Waals surface area contributed by atoms with Gasteiger partial charge in [0.15, 0.2) is 0 Å². The van der Waals surface area contributed by atoms with E-state index in [2.05, 4.69) is 21.2 Å². The summed E-state index contributed by atoms with van der Waals surface area (Å²) in [6.45, 7) is 0.872. The Bertz CT molecular complexity index is 1630. The van der Waals surface area contributed by atoms with Crippen molar-refractivity contribution in [3.05, 3.63) is 135 Å². The molecular formula is C30H22Cl3N3O2. The largest absolute Gasteiger partial charge is 0.488 e. The third-order valence-electron chi connectivity index (χ3n) is 5.99. The number of halogens is 3. The summed E-state index contributed by atoms with van der Waals surface area (Å²) in [4.78, 5) is 13.0. The van der Waals surface area contributed by atoms with E-state index >= 15 is 0 Å². The fourth-order valence-corrected chi connectivity index (χ4v) is 4.68. The number of hydrazone groups is 1. The normalized spacial score (nSPS) is 11.2. The van der Waals surface area contributed by atoms with Crippen molar-refractivity contribution < 1.29 is 9.53 Å². The van der Waals surface area contributed by atoms with E-state index in [4.69, 9.17) is 39.5 Å². The molecule has 5 rings (SSSR count). The number of ether oxygens (including phenoxy) is 1. The van der Waals surface area contributed by atoms with E-state index in [1.165, 1.54) is 0 Å². The zero-order valence-corrected chi connectivity index (χ0v) is 22.3. The van der Waals surface area contributed by atoms with E-state index in [1.54, 1.807) is 48.7 Å². The van der Waals surface area contributed by atoms with E-state index in [0.29, 0.717) is 32.9 Å². The Morgan fingerprint density at radius 2 is 1.63 bits per heavy atom. The summed E-state index contributed by atoms with van der Waals surface area (Å²) in [5.74, 6) is 0.0368. The summed E-state index contributed by atoms with van der Waals surface area (Å²) >= 11 is 18.3. The predicted molar refractivity (Wildman–Crippen MR) is 155 cm³/mol. The lowest BCUT2D eigenvalue weighted by Gasteiger charge is -2.11. The molecule has 0 aliphatic carbocycles. The number of nitrogens with zero attached hydrogens (tertiary/aromatic N) is 2. The Kier molecular flexibility index (Phi) is 7.99. The molecule has 4 aromatic carbocycles. The van der Waals surface area contributed by atoms with Crippen LogP contribution in [0.3, 0.4) is 0 Å². The molecule has 0 fully saturated rings. The van der Waals surface area contributed by atoms with E-state index in [-0.39, 0.29) is 12.5 Å². The first-order valence-electron chi connectivity index (χ1n) is 11.8. The first-order chi connectivity index (χ1) is 18.5. The molecule has 5 aromatic rings. The Morgan fingerprint density at radius 3 is 2.45 bits per heavy atom. The lowest BCUT2D eigenvalue weighted by atomic mass is 10.2. The van der Waals surface area contributed by atoms with Crippen molar-refractivity contribution in [1.29, 1.82) is 0 Å². The van der Waals surface area contributed by atoms with E-state index in [1.807, 2.05) is 48.7 Å². The first-order valence-corrected chi connectivity index (χ1v) is 12.9. The molecule has 0 aliphatic heterocycles. The second kappa shape index (κ2) is 11.7. The maximum Gasteiger partial charge on any atom is 0.275 e. The Labute approximate surface area is 235 Å². The Hall–Kier alpha value is -3.77. The van der Waals surface area contributed by atoms with Crippen molar-refractivity contribution in [3.63, 3.8) is 0 Å². The minimum absolute atomic E-state index is 0.191. The minimum atomic E-state index is -0.385. The molecule has 0 spiro atoms. The number of carbonyl (C=O) groups excluding carboxylic acids is 1. The van der Waals surface area contributed by atoms with Gasteiger partial charge in [-0.25, -0.2) is 5.43 Å². The Morgan fingerprint density at radius 1 is 0.895 bits per heavy atom. The second-order valence-electron chi connectivity index (χ2n) is 8.58. The molecule has 0 radical (unpaired) electrons. The van der Waals surface area contributed by atoms with Crippen LogP contribution >= 0.6 is 34.8 Å². The van der Waals surface area contributed by atoms with Gasteiger partial charge in [0.1, 0.15) is 12.4 Å². The lowest BCUT2D eigenvalue weighted by molar-refractivity contribution is 0.0950. The number of aromatic nitrogens is 1. The van der Waals surface area contributed by atoms with E-state index < -0.39 is 0 Å². The number of amides is 1.